The van der Waals surface area contributed by atoms with E-state index in [9.17, 15) is 18.0 Å². The van der Waals surface area contributed by atoms with E-state index in [0.717, 1.165) is 5.75 Å². The minimum atomic E-state index is -3.38. The molecule has 0 aromatic heterocycles. The highest BCUT2D eigenvalue weighted by Crippen LogP contribution is 2.19. The van der Waals surface area contributed by atoms with Crippen LogP contribution in [-0.4, -0.2) is 65.9 Å². The molecule has 1 amide bonds. The first-order valence-corrected chi connectivity index (χ1v) is 9.12. The van der Waals surface area contributed by atoms with Crippen LogP contribution in [0.5, 0.6) is 0 Å². The van der Waals surface area contributed by atoms with Crippen LogP contribution in [0.15, 0.2) is 0 Å². The number of carbonyl (C=O) groups is 2. The molecule has 0 aliphatic carbocycles. The lowest BCUT2D eigenvalue weighted by Gasteiger charge is -2.34. The third-order valence-electron chi connectivity index (χ3n) is 2.82. The van der Waals surface area contributed by atoms with Crippen molar-refractivity contribution in [2.75, 3.05) is 29.6 Å². The molecule has 1 aliphatic heterocycles. The number of hydrogen-bond acceptors (Lipinski definition) is 5. The maximum atomic E-state index is 12.0. The van der Waals surface area contributed by atoms with Gasteiger partial charge in [0.1, 0.15) is 5.75 Å². The van der Waals surface area contributed by atoms with E-state index in [4.69, 9.17) is 5.11 Å². The van der Waals surface area contributed by atoms with Crippen molar-refractivity contribution in [3.8, 4) is 0 Å². The van der Waals surface area contributed by atoms with Gasteiger partial charge in [-0.05, 0) is 6.42 Å². The second-order valence-corrected chi connectivity index (χ2v) is 7.84. The monoisotopic (exact) mass is 309 g/mol. The van der Waals surface area contributed by atoms with Gasteiger partial charge in [0.05, 0.1) is 18.2 Å². The molecule has 0 radical (unpaired) electrons. The summed E-state index contributed by atoms with van der Waals surface area (Å²) in [6.07, 6.45) is 0.344. The van der Waals surface area contributed by atoms with Crippen LogP contribution in [0.3, 0.4) is 0 Å². The molecule has 1 fully saturated rings. The number of rotatable bonds is 6. The molecule has 1 atom stereocenters. The molecular weight excluding hydrogens is 290 g/mol. The Balaban J connectivity index is 2.69. The van der Waals surface area contributed by atoms with Gasteiger partial charge in [0.25, 0.3) is 0 Å². The highest BCUT2D eigenvalue weighted by Gasteiger charge is 2.30. The van der Waals surface area contributed by atoms with Crippen LogP contribution in [-0.2, 0) is 19.4 Å². The van der Waals surface area contributed by atoms with Gasteiger partial charge in [-0.2, -0.15) is 11.8 Å². The smallest absolute Gasteiger partial charge is 0.305 e. The van der Waals surface area contributed by atoms with Crippen LogP contribution < -0.4 is 0 Å². The summed E-state index contributed by atoms with van der Waals surface area (Å²) in [4.78, 5) is 24.2. The fourth-order valence-corrected chi connectivity index (χ4v) is 4.38. The van der Waals surface area contributed by atoms with E-state index in [1.54, 1.807) is 18.7 Å². The highest BCUT2D eigenvalue weighted by atomic mass is 32.2. The van der Waals surface area contributed by atoms with Crippen molar-refractivity contribution in [1.29, 1.82) is 0 Å². The zero-order chi connectivity index (χ0) is 14.5. The Hall–Kier alpha value is -0.760. The second-order valence-electron chi connectivity index (χ2n) is 4.51. The summed E-state index contributed by atoms with van der Waals surface area (Å²) in [5.41, 5.74) is 0. The predicted molar refractivity (Wildman–Crippen MR) is 74.0 cm³/mol. The van der Waals surface area contributed by atoms with Gasteiger partial charge >= 0.3 is 5.97 Å². The maximum Gasteiger partial charge on any atom is 0.305 e. The molecule has 6 nitrogen and oxygen atoms in total. The summed E-state index contributed by atoms with van der Waals surface area (Å²) < 4.78 is 23.3. The van der Waals surface area contributed by atoms with Gasteiger partial charge in [0.2, 0.25) is 5.91 Å². The topological polar surface area (TPSA) is 91.8 Å². The molecule has 1 aliphatic rings. The number of aliphatic carboxylic acids is 1. The van der Waals surface area contributed by atoms with Gasteiger partial charge in [0.15, 0.2) is 9.84 Å². The van der Waals surface area contributed by atoms with E-state index in [1.807, 2.05) is 0 Å². The number of carboxylic acid groups (broad SMARTS) is 1. The van der Waals surface area contributed by atoms with E-state index >= 15 is 0 Å². The zero-order valence-electron chi connectivity index (χ0n) is 10.9. The normalized spacial score (nSPS) is 20.3. The standard InChI is InChI=1S/C11H19NO5S2/c1-2-5-19(16,17)8-10(13)12-3-4-18-7-9(12)6-11(14)15/h9H,2-8H2,1H3,(H,14,15). The highest BCUT2D eigenvalue weighted by molar-refractivity contribution is 7.99. The molecule has 1 saturated heterocycles. The van der Waals surface area contributed by atoms with Crippen LogP contribution in [0, 0.1) is 0 Å². The largest absolute Gasteiger partial charge is 0.481 e. The number of sulfone groups is 1. The summed E-state index contributed by atoms with van der Waals surface area (Å²) in [6, 6.07) is -0.402. The molecule has 0 bridgehead atoms. The van der Waals surface area contributed by atoms with Gasteiger partial charge in [0, 0.05) is 18.1 Å². The van der Waals surface area contributed by atoms with Crippen LogP contribution >= 0.6 is 11.8 Å². The average Bonchev–Trinajstić information content (AvgIpc) is 2.27. The maximum absolute atomic E-state index is 12.0. The molecule has 8 heteroatoms. The third-order valence-corrected chi connectivity index (χ3v) is 5.63. The number of thioether (sulfide) groups is 1. The van der Waals surface area contributed by atoms with Crippen molar-refractivity contribution in [2.24, 2.45) is 0 Å². The molecule has 0 spiro atoms. The molecule has 1 rings (SSSR count). The predicted octanol–water partition coefficient (Wildman–Crippen LogP) is 0.230. The van der Waals surface area contributed by atoms with E-state index in [2.05, 4.69) is 0 Å². The molecule has 0 aromatic rings. The molecule has 1 N–H and O–H groups in total. The molecule has 1 unspecified atom stereocenters. The average molecular weight is 309 g/mol. The summed E-state index contributed by atoms with van der Waals surface area (Å²) in [7, 11) is -3.38. The zero-order valence-corrected chi connectivity index (χ0v) is 12.5. The van der Waals surface area contributed by atoms with Gasteiger partial charge < -0.3 is 10.0 Å². The van der Waals surface area contributed by atoms with Crippen LogP contribution in [0.4, 0.5) is 0 Å². The van der Waals surface area contributed by atoms with Gasteiger partial charge in [-0.25, -0.2) is 8.42 Å². The molecule has 110 valence electrons. The first-order chi connectivity index (χ1) is 8.85. The van der Waals surface area contributed by atoms with E-state index < -0.39 is 33.5 Å². The summed E-state index contributed by atoms with van der Waals surface area (Å²) in [5, 5.41) is 8.82. The number of carboxylic acids is 1. The lowest BCUT2D eigenvalue weighted by Crippen LogP contribution is -2.49. The van der Waals surface area contributed by atoms with Gasteiger partial charge in [-0.1, -0.05) is 6.92 Å². The Morgan fingerprint density at radius 1 is 1.42 bits per heavy atom. The van der Waals surface area contributed by atoms with Crippen LogP contribution in [0.25, 0.3) is 0 Å². The first kappa shape index (κ1) is 16.3. The van der Waals surface area contributed by atoms with Crippen molar-refractivity contribution >= 4 is 33.5 Å². The lowest BCUT2D eigenvalue weighted by atomic mass is 10.2. The lowest BCUT2D eigenvalue weighted by molar-refractivity contribution is -0.139. The number of nitrogens with zero attached hydrogens (tertiary/aromatic N) is 1. The molecule has 19 heavy (non-hydrogen) atoms. The first-order valence-electron chi connectivity index (χ1n) is 6.15. The van der Waals surface area contributed by atoms with Crippen molar-refractivity contribution in [1.82, 2.24) is 4.90 Å². The Kier molecular flexibility index (Phi) is 6.12. The van der Waals surface area contributed by atoms with Crippen molar-refractivity contribution in [3.05, 3.63) is 0 Å². The minimum absolute atomic E-state index is 0.00900. The molecule has 1 heterocycles. The second kappa shape index (κ2) is 7.14. The summed E-state index contributed by atoms with van der Waals surface area (Å²) >= 11 is 1.59. The number of amides is 1. The fourth-order valence-electron chi connectivity index (χ4n) is 2.01. The summed E-state index contributed by atoms with van der Waals surface area (Å²) in [6.45, 7) is 2.16. The van der Waals surface area contributed by atoms with Gasteiger partial charge in [-0.3, -0.25) is 9.59 Å². The number of hydrogen-bond donors (Lipinski definition) is 1. The number of carbonyl (C=O) groups excluding carboxylic acids is 1. The van der Waals surface area contributed by atoms with E-state index in [0.29, 0.717) is 18.7 Å². The molecule has 0 aromatic carbocycles. The Labute approximate surface area is 117 Å². The Morgan fingerprint density at radius 3 is 2.68 bits per heavy atom. The van der Waals surface area contributed by atoms with Crippen molar-refractivity contribution < 1.29 is 23.1 Å². The van der Waals surface area contributed by atoms with Crippen molar-refractivity contribution in [2.45, 2.75) is 25.8 Å². The summed E-state index contributed by atoms with van der Waals surface area (Å²) in [5.74, 6) is -0.699. The van der Waals surface area contributed by atoms with Crippen LogP contribution in [0.1, 0.15) is 19.8 Å². The quantitative estimate of drug-likeness (QED) is 0.755. The minimum Gasteiger partial charge on any atom is -0.481 e. The third kappa shape index (κ3) is 5.40. The molecular formula is C11H19NO5S2. The van der Waals surface area contributed by atoms with Gasteiger partial charge in [-0.15, -0.1) is 0 Å². The van der Waals surface area contributed by atoms with E-state index in [-0.39, 0.29) is 12.2 Å². The van der Waals surface area contributed by atoms with E-state index in [1.165, 1.54) is 4.90 Å². The Bertz CT molecular complexity index is 434. The molecule has 0 saturated carbocycles. The fraction of sp³-hybridized carbons (Fsp3) is 0.818. The van der Waals surface area contributed by atoms with Crippen LogP contribution in [0.2, 0.25) is 0 Å². The SMILES string of the molecule is CCCS(=O)(=O)CC(=O)N1CCSCC1CC(=O)O. The Morgan fingerprint density at radius 2 is 2.11 bits per heavy atom. The van der Waals surface area contributed by atoms with Crippen molar-refractivity contribution in [3.63, 3.8) is 0 Å².